The van der Waals surface area contributed by atoms with Gasteiger partial charge in [-0.15, -0.1) is 0 Å². The van der Waals surface area contributed by atoms with E-state index >= 15 is 0 Å². The van der Waals surface area contributed by atoms with Gasteiger partial charge in [0, 0.05) is 25.5 Å². The van der Waals surface area contributed by atoms with Gasteiger partial charge in [-0.25, -0.2) is 0 Å². The molecule has 4 fully saturated rings. The van der Waals surface area contributed by atoms with Crippen molar-refractivity contribution in [2.45, 2.75) is 134 Å². The summed E-state index contributed by atoms with van der Waals surface area (Å²) in [4.78, 5) is 35.9. The minimum atomic E-state index is -0.813. The molecule has 2 amide bonds. The van der Waals surface area contributed by atoms with E-state index in [2.05, 4.69) is 23.6 Å². The van der Waals surface area contributed by atoms with Crippen LogP contribution in [0, 0.1) is 5.92 Å². The Morgan fingerprint density at radius 2 is 1.79 bits per heavy atom. The average molecular weight is 605 g/mol. The predicted octanol–water partition coefficient (Wildman–Crippen LogP) is 2.00. The Balaban J connectivity index is 1.24. The van der Waals surface area contributed by atoms with Gasteiger partial charge in [-0.05, 0) is 58.4 Å². The summed E-state index contributed by atoms with van der Waals surface area (Å²) in [5, 5.41) is 26.3. The largest absolute Gasteiger partial charge is 0.459 e. The molecule has 0 aromatic heterocycles. The Bertz CT molecular complexity index is 1090. The SMILES string of the molecule is CC(=O)O[C@@H](C)/C=C\C(=O)N[C@@H]1C[C@H](C)[C@H](C/C=C(C)/C=C/[C@H]2OC(CC(=O)NC3CC(O)C3)C[C@@]3(CO3)[C@@H]2O)O[C@@H]1C. The van der Waals surface area contributed by atoms with Gasteiger partial charge >= 0.3 is 5.97 Å². The first-order chi connectivity index (χ1) is 20.3. The lowest BCUT2D eigenvalue weighted by Crippen LogP contribution is -2.52. The molecule has 1 unspecified atom stereocenters. The molecule has 0 aromatic carbocycles. The predicted molar refractivity (Wildman–Crippen MR) is 158 cm³/mol. The van der Waals surface area contributed by atoms with Crippen LogP contribution in [0.25, 0.3) is 0 Å². The lowest BCUT2D eigenvalue weighted by molar-refractivity contribution is -0.146. The minimum absolute atomic E-state index is 0.00893. The number of ether oxygens (including phenoxy) is 4. The topological polar surface area (TPSA) is 156 Å². The highest BCUT2D eigenvalue weighted by molar-refractivity contribution is 5.87. The van der Waals surface area contributed by atoms with Gasteiger partial charge in [-0.1, -0.05) is 30.7 Å². The summed E-state index contributed by atoms with van der Waals surface area (Å²) in [5.74, 6) is -0.554. The van der Waals surface area contributed by atoms with Crippen molar-refractivity contribution in [2.24, 2.45) is 5.92 Å². The van der Waals surface area contributed by atoms with Crippen LogP contribution in [0.1, 0.15) is 73.1 Å². The fourth-order valence-electron chi connectivity index (χ4n) is 6.09. The van der Waals surface area contributed by atoms with Crippen molar-refractivity contribution in [3.63, 3.8) is 0 Å². The van der Waals surface area contributed by atoms with Crippen LogP contribution < -0.4 is 10.6 Å². The fraction of sp³-hybridized carbons (Fsp3) is 0.719. The standard InChI is InChI=1S/C32H48N2O9/c1-18(6-9-27-19(2)12-26(21(4)42-27)34-29(37)11-8-20(3)41-22(5)35)7-10-28-31(39)32(17-40-32)16-25(43-28)15-30(38)33-23-13-24(36)14-23/h6-8,10-11,19-21,23-28,31,36,39H,9,12-17H2,1-5H3,(H,33,38)(H,34,37)/b10-7+,11-8-,18-6+/t19-,20-,21+,23?,24?,25?,26+,27-,28+,31+,32+/m0/s1. The normalized spacial score (nSPS) is 38.5. The number of rotatable bonds is 11. The second-order valence-electron chi connectivity index (χ2n) is 12.7. The Labute approximate surface area is 254 Å². The highest BCUT2D eigenvalue weighted by Gasteiger charge is 2.58. The van der Waals surface area contributed by atoms with Gasteiger partial charge in [0.05, 0.1) is 43.5 Å². The molecule has 0 radical (unpaired) electrons. The Kier molecular flexibility index (Phi) is 11.2. The molecule has 4 aliphatic rings. The van der Waals surface area contributed by atoms with Gasteiger partial charge in [0.15, 0.2) is 0 Å². The van der Waals surface area contributed by atoms with Crippen molar-refractivity contribution in [3.05, 3.63) is 36.0 Å². The Hall–Kier alpha value is -2.57. The van der Waals surface area contributed by atoms with Crippen molar-refractivity contribution < 1.29 is 43.5 Å². The van der Waals surface area contributed by atoms with Gasteiger partial charge in [-0.3, -0.25) is 14.4 Å². The van der Waals surface area contributed by atoms with E-state index in [0.29, 0.717) is 32.3 Å². The molecule has 1 aliphatic carbocycles. The number of carbonyl (C=O) groups excluding carboxylic acids is 3. The van der Waals surface area contributed by atoms with Crippen LogP contribution in [0.4, 0.5) is 0 Å². The minimum Gasteiger partial charge on any atom is -0.459 e. The maximum atomic E-state index is 12.5. The number of epoxide rings is 1. The number of hydrogen-bond acceptors (Lipinski definition) is 9. The zero-order chi connectivity index (χ0) is 31.3. The van der Waals surface area contributed by atoms with Crippen molar-refractivity contribution >= 4 is 17.8 Å². The molecule has 4 N–H and O–H groups in total. The van der Waals surface area contributed by atoms with Crippen LogP contribution in [0.15, 0.2) is 36.0 Å². The van der Waals surface area contributed by atoms with Crippen molar-refractivity contribution in [1.29, 1.82) is 0 Å². The van der Waals surface area contributed by atoms with Crippen LogP contribution in [0.5, 0.6) is 0 Å². The van der Waals surface area contributed by atoms with Gasteiger partial charge in [-0.2, -0.15) is 0 Å². The summed E-state index contributed by atoms with van der Waals surface area (Å²) in [5.41, 5.74) is 0.336. The van der Waals surface area contributed by atoms with Crippen molar-refractivity contribution in [3.8, 4) is 0 Å². The molecule has 0 aromatic rings. The molecule has 3 aliphatic heterocycles. The molecule has 1 spiro atoms. The van der Waals surface area contributed by atoms with E-state index in [1.807, 2.05) is 26.0 Å². The molecular weight excluding hydrogens is 556 g/mol. The maximum absolute atomic E-state index is 12.5. The molecule has 9 atom stereocenters. The molecule has 0 bridgehead atoms. The van der Waals surface area contributed by atoms with Crippen LogP contribution in [0.3, 0.4) is 0 Å². The first kappa shape index (κ1) is 33.3. The fourth-order valence-corrected chi connectivity index (χ4v) is 6.09. The summed E-state index contributed by atoms with van der Waals surface area (Å²) in [6.45, 7) is 9.51. The average Bonchev–Trinajstić information content (AvgIpc) is 3.68. The smallest absolute Gasteiger partial charge is 0.303 e. The van der Waals surface area contributed by atoms with Crippen LogP contribution >= 0.6 is 0 Å². The van der Waals surface area contributed by atoms with E-state index < -0.39 is 29.9 Å². The quantitative estimate of drug-likeness (QED) is 0.120. The molecule has 43 heavy (non-hydrogen) atoms. The first-order valence-corrected chi connectivity index (χ1v) is 15.4. The van der Waals surface area contributed by atoms with E-state index in [0.717, 1.165) is 12.0 Å². The van der Waals surface area contributed by atoms with Crippen LogP contribution in [-0.2, 0) is 33.3 Å². The second-order valence-corrected chi connectivity index (χ2v) is 12.7. The zero-order valence-electron chi connectivity index (χ0n) is 25.9. The van der Waals surface area contributed by atoms with E-state index in [1.54, 1.807) is 13.0 Å². The van der Waals surface area contributed by atoms with Crippen LogP contribution in [0.2, 0.25) is 0 Å². The van der Waals surface area contributed by atoms with E-state index in [9.17, 15) is 24.6 Å². The number of esters is 1. The lowest BCUT2D eigenvalue weighted by atomic mass is 9.86. The van der Waals surface area contributed by atoms with Gasteiger partial charge in [0.1, 0.15) is 23.9 Å². The van der Waals surface area contributed by atoms with Crippen LogP contribution in [-0.4, -0.2) is 95.0 Å². The Morgan fingerprint density at radius 3 is 2.44 bits per heavy atom. The molecule has 3 heterocycles. The molecule has 4 rings (SSSR count). The summed E-state index contributed by atoms with van der Waals surface area (Å²) in [7, 11) is 0. The monoisotopic (exact) mass is 604 g/mol. The first-order valence-electron chi connectivity index (χ1n) is 15.4. The van der Waals surface area contributed by atoms with Crippen molar-refractivity contribution in [1.82, 2.24) is 10.6 Å². The molecule has 11 nitrogen and oxygen atoms in total. The highest BCUT2D eigenvalue weighted by Crippen LogP contribution is 2.43. The third-order valence-corrected chi connectivity index (χ3v) is 8.82. The second kappa shape index (κ2) is 14.5. The Morgan fingerprint density at radius 1 is 1.07 bits per heavy atom. The van der Waals surface area contributed by atoms with E-state index in [1.165, 1.54) is 13.0 Å². The van der Waals surface area contributed by atoms with Gasteiger partial charge in [0.25, 0.3) is 0 Å². The summed E-state index contributed by atoms with van der Waals surface area (Å²) in [6.07, 6.45) is 9.31. The van der Waals surface area contributed by atoms with Gasteiger partial charge in [0.2, 0.25) is 11.8 Å². The molecule has 240 valence electrons. The third kappa shape index (κ3) is 9.46. The molecule has 3 saturated heterocycles. The highest BCUT2D eigenvalue weighted by atomic mass is 16.6. The molecule has 1 saturated carbocycles. The molecular formula is C32H48N2O9. The summed E-state index contributed by atoms with van der Waals surface area (Å²) in [6, 6.07) is -0.115. The number of hydrogen-bond donors (Lipinski definition) is 4. The summed E-state index contributed by atoms with van der Waals surface area (Å²) >= 11 is 0. The van der Waals surface area contributed by atoms with Gasteiger partial charge < -0.3 is 39.8 Å². The number of aliphatic hydroxyl groups excluding tert-OH is 2. The number of amides is 2. The number of allylic oxidation sites excluding steroid dienone is 2. The molecule has 11 heteroatoms. The number of nitrogens with one attached hydrogen (secondary N) is 2. The number of carbonyl (C=O) groups is 3. The van der Waals surface area contributed by atoms with E-state index in [4.69, 9.17) is 18.9 Å². The number of aliphatic hydroxyl groups is 2. The van der Waals surface area contributed by atoms with E-state index in [-0.39, 0.29) is 60.7 Å². The summed E-state index contributed by atoms with van der Waals surface area (Å²) < 4.78 is 23.0. The van der Waals surface area contributed by atoms with Crippen molar-refractivity contribution in [2.75, 3.05) is 6.61 Å². The third-order valence-electron chi connectivity index (χ3n) is 8.82. The zero-order valence-corrected chi connectivity index (χ0v) is 25.9. The lowest BCUT2D eigenvalue weighted by Gasteiger charge is -2.39. The maximum Gasteiger partial charge on any atom is 0.303 e.